The summed E-state index contributed by atoms with van der Waals surface area (Å²) >= 11 is 11.8. The van der Waals surface area contributed by atoms with Gasteiger partial charge in [0.15, 0.2) is 5.22 Å². The zero-order valence-corrected chi connectivity index (χ0v) is 11.5. The summed E-state index contributed by atoms with van der Waals surface area (Å²) in [5, 5.41) is 4.11. The molecule has 1 aromatic heterocycles. The molecule has 0 aliphatic heterocycles. The lowest BCUT2D eigenvalue weighted by Gasteiger charge is -2.15. The van der Waals surface area contributed by atoms with Gasteiger partial charge in [0.25, 0.3) is 0 Å². The zero-order chi connectivity index (χ0) is 13.1. The van der Waals surface area contributed by atoms with Gasteiger partial charge in [-0.1, -0.05) is 17.7 Å². The van der Waals surface area contributed by atoms with Crippen molar-refractivity contribution < 1.29 is 9.15 Å². The fourth-order valence-electron chi connectivity index (χ4n) is 1.81. The number of rotatable bonds is 4. The number of furan rings is 1. The Morgan fingerprint density at radius 3 is 2.56 bits per heavy atom. The molecule has 0 spiro atoms. The average Bonchev–Trinajstić information content (AvgIpc) is 2.79. The second-order valence-corrected chi connectivity index (χ2v) is 4.54. The van der Waals surface area contributed by atoms with Gasteiger partial charge in [0.2, 0.25) is 0 Å². The Bertz CT molecular complexity index is 540. The van der Waals surface area contributed by atoms with Crippen molar-refractivity contribution in [3.63, 3.8) is 0 Å². The molecular weight excluding hydrogens is 273 g/mol. The molecular formula is C13H13Cl2NO2. The number of nitrogens with one attached hydrogen (secondary N) is 1. The highest BCUT2D eigenvalue weighted by Gasteiger charge is 2.17. The molecule has 1 N–H and O–H groups in total. The lowest BCUT2D eigenvalue weighted by atomic mass is 10.0. The van der Waals surface area contributed by atoms with Crippen LogP contribution in [0, 0.1) is 0 Å². The Morgan fingerprint density at radius 2 is 2.00 bits per heavy atom. The van der Waals surface area contributed by atoms with Crippen LogP contribution in [-0.4, -0.2) is 14.2 Å². The van der Waals surface area contributed by atoms with E-state index in [1.165, 1.54) is 0 Å². The summed E-state index contributed by atoms with van der Waals surface area (Å²) in [7, 11) is 3.44. The molecule has 1 heterocycles. The first-order valence-electron chi connectivity index (χ1n) is 5.41. The van der Waals surface area contributed by atoms with E-state index in [-0.39, 0.29) is 6.04 Å². The molecule has 0 saturated carbocycles. The monoisotopic (exact) mass is 285 g/mol. The van der Waals surface area contributed by atoms with Crippen LogP contribution in [0.25, 0.3) is 0 Å². The molecule has 0 aliphatic carbocycles. The average molecular weight is 286 g/mol. The van der Waals surface area contributed by atoms with Gasteiger partial charge in [-0.3, -0.25) is 0 Å². The molecule has 0 aliphatic rings. The summed E-state index contributed by atoms with van der Waals surface area (Å²) in [5.41, 5.74) is 0.991. The van der Waals surface area contributed by atoms with E-state index in [1.54, 1.807) is 19.2 Å². The van der Waals surface area contributed by atoms with E-state index in [1.807, 2.05) is 25.2 Å². The highest BCUT2D eigenvalue weighted by Crippen LogP contribution is 2.31. The number of hydrogen-bond donors (Lipinski definition) is 1. The summed E-state index contributed by atoms with van der Waals surface area (Å²) in [6.07, 6.45) is 0. The zero-order valence-electron chi connectivity index (χ0n) is 10.0. The molecule has 0 fully saturated rings. The predicted molar refractivity (Wildman–Crippen MR) is 72.6 cm³/mol. The molecule has 1 atom stereocenters. The molecule has 2 rings (SSSR count). The van der Waals surface area contributed by atoms with Gasteiger partial charge in [-0.25, -0.2) is 0 Å². The van der Waals surface area contributed by atoms with E-state index in [0.29, 0.717) is 16.0 Å². The molecule has 5 heteroatoms. The number of methoxy groups -OCH3 is 1. The van der Waals surface area contributed by atoms with Crippen molar-refractivity contribution in [2.75, 3.05) is 14.2 Å². The van der Waals surface area contributed by atoms with Crippen LogP contribution in [0.4, 0.5) is 0 Å². The maximum atomic E-state index is 6.00. The minimum atomic E-state index is -0.0938. The van der Waals surface area contributed by atoms with Crippen LogP contribution in [0.1, 0.15) is 17.4 Å². The van der Waals surface area contributed by atoms with E-state index in [9.17, 15) is 0 Å². The van der Waals surface area contributed by atoms with Crippen LogP contribution >= 0.6 is 23.2 Å². The quantitative estimate of drug-likeness (QED) is 0.925. The molecule has 96 valence electrons. The van der Waals surface area contributed by atoms with Gasteiger partial charge < -0.3 is 14.5 Å². The first-order chi connectivity index (χ1) is 8.65. The molecule has 2 aromatic rings. The normalized spacial score (nSPS) is 12.4. The molecule has 0 amide bonds. The molecule has 0 bridgehead atoms. The third-order valence-electron chi connectivity index (χ3n) is 2.68. The highest BCUT2D eigenvalue weighted by molar-refractivity contribution is 6.32. The van der Waals surface area contributed by atoms with Gasteiger partial charge in [-0.05, 0) is 48.5 Å². The van der Waals surface area contributed by atoms with Crippen molar-refractivity contribution >= 4 is 23.2 Å². The minimum Gasteiger partial charge on any atom is -0.495 e. The standard InChI is InChI=1S/C13H13Cl2NO2/c1-16-13(10-5-6-12(15)18-10)8-3-4-9(14)11(7-8)17-2/h3-7,13,16H,1-2H3. The first-order valence-corrected chi connectivity index (χ1v) is 6.17. The SMILES string of the molecule is CNC(c1ccc(Cl)c(OC)c1)c1ccc(Cl)o1. The summed E-state index contributed by atoms with van der Waals surface area (Å²) in [5.74, 6) is 1.37. The van der Waals surface area contributed by atoms with Crippen LogP contribution in [-0.2, 0) is 0 Å². The Labute approximate surface area is 116 Å². The van der Waals surface area contributed by atoms with Crippen molar-refractivity contribution in [3.8, 4) is 5.75 Å². The van der Waals surface area contributed by atoms with Crippen LogP contribution in [0.3, 0.4) is 0 Å². The third-order valence-corrected chi connectivity index (χ3v) is 3.19. The van der Waals surface area contributed by atoms with Gasteiger partial charge in [-0.15, -0.1) is 0 Å². The highest BCUT2D eigenvalue weighted by atomic mass is 35.5. The number of hydrogen-bond acceptors (Lipinski definition) is 3. The molecule has 0 radical (unpaired) electrons. The number of halogens is 2. The minimum absolute atomic E-state index is 0.0938. The van der Waals surface area contributed by atoms with E-state index in [0.717, 1.165) is 11.3 Å². The Morgan fingerprint density at radius 1 is 1.22 bits per heavy atom. The molecule has 1 aromatic carbocycles. The molecule has 1 unspecified atom stereocenters. The van der Waals surface area contributed by atoms with Crippen molar-refractivity contribution in [1.29, 1.82) is 0 Å². The second kappa shape index (κ2) is 5.65. The summed E-state index contributed by atoms with van der Waals surface area (Å²) < 4.78 is 10.6. The fraction of sp³-hybridized carbons (Fsp3) is 0.231. The van der Waals surface area contributed by atoms with Gasteiger partial charge in [0.05, 0.1) is 18.2 Å². The Kier molecular flexibility index (Phi) is 4.17. The fourth-order valence-corrected chi connectivity index (χ4v) is 2.16. The van der Waals surface area contributed by atoms with Gasteiger partial charge in [-0.2, -0.15) is 0 Å². The summed E-state index contributed by atoms with van der Waals surface area (Å²) in [6.45, 7) is 0. The Balaban J connectivity index is 2.38. The molecule has 3 nitrogen and oxygen atoms in total. The number of benzene rings is 1. The lowest BCUT2D eigenvalue weighted by molar-refractivity contribution is 0.412. The van der Waals surface area contributed by atoms with Crippen LogP contribution < -0.4 is 10.1 Å². The van der Waals surface area contributed by atoms with E-state index >= 15 is 0 Å². The first kappa shape index (κ1) is 13.3. The summed E-state index contributed by atoms with van der Waals surface area (Å²) in [4.78, 5) is 0. The summed E-state index contributed by atoms with van der Waals surface area (Å²) in [6, 6.07) is 9.05. The third kappa shape index (κ3) is 2.64. The lowest BCUT2D eigenvalue weighted by Crippen LogP contribution is -2.17. The van der Waals surface area contributed by atoms with Gasteiger partial charge in [0.1, 0.15) is 11.5 Å². The van der Waals surface area contributed by atoms with E-state index < -0.39 is 0 Å². The van der Waals surface area contributed by atoms with Crippen LogP contribution in [0.2, 0.25) is 10.2 Å². The Hall–Kier alpha value is -1.16. The van der Waals surface area contributed by atoms with Crippen molar-refractivity contribution in [2.24, 2.45) is 0 Å². The van der Waals surface area contributed by atoms with Crippen LogP contribution in [0.5, 0.6) is 5.75 Å². The van der Waals surface area contributed by atoms with Crippen molar-refractivity contribution in [2.45, 2.75) is 6.04 Å². The van der Waals surface area contributed by atoms with E-state index in [2.05, 4.69) is 5.32 Å². The number of ether oxygens (including phenoxy) is 1. The molecule has 0 saturated heterocycles. The molecule has 18 heavy (non-hydrogen) atoms. The van der Waals surface area contributed by atoms with Gasteiger partial charge >= 0.3 is 0 Å². The topological polar surface area (TPSA) is 34.4 Å². The second-order valence-electron chi connectivity index (χ2n) is 3.76. The van der Waals surface area contributed by atoms with Crippen molar-refractivity contribution in [3.05, 3.63) is 51.9 Å². The van der Waals surface area contributed by atoms with Gasteiger partial charge in [0, 0.05) is 0 Å². The maximum Gasteiger partial charge on any atom is 0.193 e. The van der Waals surface area contributed by atoms with Crippen molar-refractivity contribution in [1.82, 2.24) is 5.32 Å². The van der Waals surface area contributed by atoms with E-state index in [4.69, 9.17) is 32.4 Å². The smallest absolute Gasteiger partial charge is 0.193 e. The van der Waals surface area contributed by atoms with Crippen LogP contribution in [0.15, 0.2) is 34.7 Å². The maximum absolute atomic E-state index is 6.00. The predicted octanol–water partition coefficient (Wildman–Crippen LogP) is 3.90. The largest absolute Gasteiger partial charge is 0.495 e.